The number of carbonyl (C=O) groups excluding carboxylic acids is 2. The van der Waals surface area contributed by atoms with Gasteiger partial charge in [-0.05, 0) is 31.1 Å². The van der Waals surface area contributed by atoms with E-state index < -0.39 is 24.2 Å². The highest BCUT2D eigenvalue weighted by Crippen LogP contribution is 2.47. The molecule has 3 rings (SSSR count). The van der Waals surface area contributed by atoms with Crippen molar-refractivity contribution < 1.29 is 24.5 Å². The normalized spacial score (nSPS) is 23.5. The maximum absolute atomic E-state index is 13.1. The van der Waals surface area contributed by atoms with E-state index in [1.807, 2.05) is 31.2 Å². The second-order valence-corrected chi connectivity index (χ2v) is 8.58. The molecule has 3 N–H and O–H groups in total. The minimum atomic E-state index is -0.984. The van der Waals surface area contributed by atoms with Crippen LogP contribution in [0.15, 0.2) is 48.1 Å². The first-order valence-corrected chi connectivity index (χ1v) is 12.0. The molecule has 0 saturated heterocycles. The van der Waals surface area contributed by atoms with Crippen LogP contribution < -0.4 is 10.1 Å². The average Bonchev–Trinajstić information content (AvgIpc) is 3.22. The number of unbranched alkanes of at least 4 members (excludes halogenated alkanes) is 3. The molecule has 1 heterocycles. The van der Waals surface area contributed by atoms with Crippen LogP contribution in [0.4, 0.5) is 0 Å². The van der Waals surface area contributed by atoms with Gasteiger partial charge in [-0.3, -0.25) is 9.59 Å². The molecular formula is C26H36N2O5. The lowest BCUT2D eigenvalue weighted by Crippen LogP contribution is -2.55. The van der Waals surface area contributed by atoms with Gasteiger partial charge in [-0.15, -0.1) is 0 Å². The van der Waals surface area contributed by atoms with Crippen LogP contribution >= 0.6 is 0 Å². The number of nitrogens with one attached hydrogen (secondary N) is 1. The number of amides is 2. The molecule has 0 spiro atoms. The Morgan fingerprint density at radius 1 is 1.18 bits per heavy atom. The van der Waals surface area contributed by atoms with E-state index in [0.29, 0.717) is 17.9 Å². The Morgan fingerprint density at radius 3 is 2.70 bits per heavy atom. The highest BCUT2D eigenvalue weighted by Gasteiger charge is 2.50. The molecule has 4 atom stereocenters. The Labute approximate surface area is 196 Å². The number of rotatable bonds is 11. The number of aliphatic hydroxyl groups excluding tert-OH is 2. The van der Waals surface area contributed by atoms with Crippen molar-refractivity contribution in [2.24, 2.45) is 0 Å². The molecule has 7 heteroatoms. The number of hydrogen-bond donors (Lipinski definition) is 3. The lowest BCUT2D eigenvalue weighted by molar-refractivity contribution is -0.132. The SMILES string of the molecule is CCC=CC(=O)N(CCCCCC)[C@@H]1C=C(C(=O)NCCO)[C@@H]2c3ccccc3O[C@@H]2[C@H]1O. The molecule has 0 bridgehead atoms. The summed E-state index contributed by atoms with van der Waals surface area (Å²) in [5.41, 5.74) is 1.30. The zero-order chi connectivity index (χ0) is 23.8. The van der Waals surface area contributed by atoms with Crippen molar-refractivity contribution in [3.8, 4) is 5.75 Å². The van der Waals surface area contributed by atoms with E-state index in [-0.39, 0.29) is 25.0 Å². The molecule has 33 heavy (non-hydrogen) atoms. The Morgan fingerprint density at radius 2 is 1.97 bits per heavy atom. The van der Waals surface area contributed by atoms with Crippen molar-refractivity contribution in [1.82, 2.24) is 10.2 Å². The highest BCUT2D eigenvalue weighted by molar-refractivity contribution is 5.96. The molecule has 0 fully saturated rings. The first-order valence-electron chi connectivity index (χ1n) is 12.0. The van der Waals surface area contributed by atoms with Crippen LogP contribution in [-0.2, 0) is 9.59 Å². The first kappa shape index (κ1) is 25.0. The zero-order valence-corrected chi connectivity index (χ0v) is 19.6. The molecule has 1 aliphatic heterocycles. The van der Waals surface area contributed by atoms with Crippen molar-refractivity contribution in [3.63, 3.8) is 0 Å². The summed E-state index contributed by atoms with van der Waals surface area (Å²) >= 11 is 0. The number of hydrogen-bond acceptors (Lipinski definition) is 5. The number of para-hydroxylation sites is 1. The summed E-state index contributed by atoms with van der Waals surface area (Å²) in [6, 6.07) is 6.78. The van der Waals surface area contributed by atoms with Gasteiger partial charge in [0.25, 0.3) is 0 Å². The number of benzene rings is 1. The van der Waals surface area contributed by atoms with E-state index in [1.54, 1.807) is 23.1 Å². The fourth-order valence-corrected chi connectivity index (χ4v) is 4.62. The Bertz CT molecular complexity index is 881. The van der Waals surface area contributed by atoms with Crippen molar-refractivity contribution in [2.75, 3.05) is 19.7 Å². The molecular weight excluding hydrogens is 420 g/mol. The predicted molar refractivity (Wildman–Crippen MR) is 127 cm³/mol. The minimum Gasteiger partial charge on any atom is -0.486 e. The van der Waals surface area contributed by atoms with Gasteiger partial charge in [0.15, 0.2) is 0 Å². The predicted octanol–water partition coefficient (Wildman–Crippen LogP) is 2.68. The summed E-state index contributed by atoms with van der Waals surface area (Å²) < 4.78 is 6.12. The topological polar surface area (TPSA) is 99.1 Å². The van der Waals surface area contributed by atoms with Crippen LogP contribution in [-0.4, -0.2) is 64.9 Å². The molecule has 2 aliphatic rings. The van der Waals surface area contributed by atoms with Gasteiger partial charge in [0.05, 0.1) is 18.6 Å². The van der Waals surface area contributed by atoms with E-state index >= 15 is 0 Å². The van der Waals surface area contributed by atoms with Gasteiger partial charge in [0.1, 0.15) is 18.0 Å². The summed E-state index contributed by atoms with van der Waals surface area (Å²) in [7, 11) is 0. The van der Waals surface area contributed by atoms with Gasteiger partial charge in [-0.2, -0.15) is 0 Å². The second-order valence-electron chi connectivity index (χ2n) is 8.58. The van der Waals surface area contributed by atoms with E-state index in [2.05, 4.69) is 12.2 Å². The Balaban J connectivity index is 1.98. The summed E-state index contributed by atoms with van der Waals surface area (Å²) in [6.45, 7) is 4.54. The third kappa shape index (κ3) is 5.65. The number of carbonyl (C=O) groups is 2. The third-order valence-electron chi connectivity index (χ3n) is 6.27. The van der Waals surface area contributed by atoms with Crippen molar-refractivity contribution in [2.45, 2.75) is 70.1 Å². The molecule has 1 aromatic carbocycles. The van der Waals surface area contributed by atoms with Crippen LogP contribution in [0.25, 0.3) is 0 Å². The van der Waals surface area contributed by atoms with E-state index in [0.717, 1.165) is 37.7 Å². The molecule has 7 nitrogen and oxygen atoms in total. The Kier molecular flexibility index (Phi) is 9.09. The maximum Gasteiger partial charge on any atom is 0.247 e. The maximum atomic E-state index is 13.1. The van der Waals surface area contributed by atoms with Crippen molar-refractivity contribution >= 4 is 11.8 Å². The smallest absolute Gasteiger partial charge is 0.247 e. The molecule has 1 aromatic rings. The summed E-state index contributed by atoms with van der Waals surface area (Å²) in [5.74, 6) is -0.300. The molecule has 2 amide bonds. The van der Waals surface area contributed by atoms with Crippen LogP contribution in [0.5, 0.6) is 5.75 Å². The molecule has 0 unspecified atom stereocenters. The monoisotopic (exact) mass is 456 g/mol. The number of aliphatic hydroxyl groups is 2. The summed E-state index contributed by atoms with van der Waals surface area (Å²) in [4.78, 5) is 27.8. The van der Waals surface area contributed by atoms with Gasteiger partial charge in [0.2, 0.25) is 11.8 Å². The van der Waals surface area contributed by atoms with E-state index in [1.165, 1.54) is 0 Å². The summed E-state index contributed by atoms with van der Waals surface area (Å²) in [6.07, 6.45) is 8.12. The molecule has 0 radical (unpaired) electrons. The van der Waals surface area contributed by atoms with Gasteiger partial charge in [-0.25, -0.2) is 0 Å². The Hall–Kier alpha value is -2.64. The van der Waals surface area contributed by atoms with Crippen molar-refractivity contribution in [3.05, 3.63) is 53.6 Å². The van der Waals surface area contributed by atoms with Gasteiger partial charge < -0.3 is 25.2 Å². The van der Waals surface area contributed by atoms with Crippen molar-refractivity contribution in [1.29, 1.82) is 0 Å². The van der Waals surface area contributed by atoms with Crippen LogP contribution in [0.1, 0.15) is 57.4 Å². The number of fused-ring (bicyclic) bond motifs is 3. The second kappa shape index (κ2) is 12.0. The number of nitrogens with zero attached hydrogens (tertiary/aromatic N) is 1. The highest BCUT2D eigenvalue weighted by atomic mass is 16.5. The lowest BCUT2D eigenvalue weighted by Gasteiger charge is -2.40. The minimum absolute atomic E-state index is 0.127. The van der Waals surface area contributed by atoms with Gasteiger partial charge in [-0.1, -0.05) is 57.4 Å². The van der Waals surface area contributed by atoms with E-state index in [9.17, 15) is 19.8 Å². The molecule has 1 aliphatic carbocycles. The number of allylic oxidation sites excluding steroid dienone is 1. The average molecular weight is 457 g/mol. The molecule has 180 valence electrons. The van der Waals surface area contributed by atoms with Gasteiger partial charge in [0, 0.05) is 24.2 Å². The third-order valence-corrected chi connectivity index (χ3v) is 6.27. The molecule has 0 aromatic heterocycles. The van der Waals surface area contributed by atoms with Crippen LogP contribution in [0, 0.1) is 0 Å². The lowest BCUT2D eigenvalue weighted by atomic mass is 9.77. The largest absolute Gasteiger partial charge is 0.486 e. The van der Waals surface area contributed by atoms with Crippen LogP contribution in [0.3, 0.4) is 0 Å². The van der Waals surface area contributed by atoms with Gasteiger partial charge >= 0.3 is 0 Å². The molecule has 0 saturated carbocycles. The standard InChI is InChI=1S/C26H36N2O5/c1-3-5-7-10-15-28(22(30)13-6-4-2)20-17-19(26(32)27-14-16-29)23-18-11-8-9-12-21(18)33-25(23)24(20)31/h6,8-9,11-13,17,20,23-25,29,31H,3-5,7,10,14-16H2,1-2H3,(H,27,32)/t20-,23+,24+,25+/m1/s1. The summed E-state index contributed by atoms with van der Waals surface area (Å²) in [5, 5.41) is 23.3. The fourth-order valence-electron chi connectivity index (χ4n) is 4.62. The van der Waals surface area contributed by atoms with Crippen LogP contribution in [0.2, 0.25) is 0 Å². The quantitative estimate of drug-likeness (QED) is 0.351. The first-order chi connectivity index (χ1) is 16.0. The van der Waals surface area contributed by atoms with E-state index in [4.69, 9.17) is 4.74 Å². The fraction of sp³-hybridized carbons (Fsp3) is 0.538. The number of ether oxygens (including phenoxy) is 1. The zero-order valence-electron chi connectivity index (χ0n) is 19.6.